The van der Waals surface area contributed by atoms with Crippen LogP contribution in [0, 0.1) is 5.92 Å². The molecule has 0 radical (unpaired) electrons. The van der Waals surface area contributed by atoms with E-state index in [4.69, 9.17) is 18.0 Å². The Bertz CT molecular complexity index is 503. The van der Waals surface area contributed by atoms with E-state index < -0.39 is 0 Å². The lowest BCUT2D eigenvalue weighted by atomic mass is 10.2. The highest BCUT2D eigenvalue weighted by Crippen LogP contribution is 2.28. The molecule has 0 saturated heterocycles. The maximum atomic E-state index is 11.5. The predicted molar refractivity (Wildman–Crippen MR) is 84.3 cm³/mol. The summed E-state index contributed by atoms with van der Waals surface area (Å²) < 4.78 is 0.933. The van der Waals surface area contributed by atoms with Crippen LogP contribution in [-0.4, -0.2) is 24.0 Å². The maximum absolute atomic E-state index is 11.5. The van der Waals surface area contributed by atoms with Gasteiger partial charge in [0.25, 0.3) is 0 Å². The van der Waals surface area contributed by atoms with E-state index >= 15 is 0 Å². The number of rotatable bonds is 6. The van der Waals surface area contributed by atoms with Gasteiger partial charge >= 0.3 is 0 Å². The van der Waals surface area contributed by atoms with Gasteiger partial charge in [-0.25, -0.2) is 0 Å². The molecule has 0 atom stereocenters. The van der Waals surface area contributed by atoms with Crippen molar-refractivity contribution in [1.82, 2.24) is 5.32 Å². The number of hydrogen-bond donors (Lipinski definition) is 3. The number of amides is 1. The monoisotopic (exact) mass is 341 g/mol. The molecule has 102 valence electrons. The van der Waals surface area contributed by atoms with Gasteiger partial charge in [-0.3, -0.25) is 4.79 Å². The Balaban J connectivity index is 1.84. The first kappa shape index (κ1) is 14.3. The van der Waals surface area contributed by atoms with Crippen LogP contribution in [0.4, 0.5) is 5.69 Å². The Morgan fingerprint density at radius 2 is 2.16 bits per heavy atom. The molecule has 0 heterocycles. The van der Waals surface area contributed by atoms with Crippen LogP contribution in [0.5, 0.6) is 0 Å². The first-order valence-electron chi connectivity index (χ1n) is 6.19. The summed E-state index contributed by atoms with van der Waals surface area (Å²) >= 11 is 8.41. The molecular formula is C13H16BrN3OS. The normalized spacial score (nSPS) is 13.9. The number of halogens is 1. The Morgan fingerprint density at radius 1 is 1.42 bits per heavy atom. The zero-order valence-corrected chi connectivity index (χ0v) is 12.8. The molecule has 0 aromatic heterocycles. The second kappa shape index (κ2) is 6.34. The third-order valence-electron chi connectivity index (χ3n) is 2.93. The predicted octanol–water partition coefficient (Wildman–Crippen LogP) is 2.02. The summed E-state index contributed by atoms with van der Waals surface area (Å²) in [6.45, 7) is 1.25. The van der Waals surface area contributed by atoms with Gasteiger partial charge in [-0.2, -0.15) is 0 Å². The molecule has 0 bridgehead atoms. The van der Waals surface area contributed by atoms with Crippen molar-refractivity contribution in [2.45, 2.75) is 12.8 Å². The van der Waals surface area contributed by atoms with Crippen LogP contribution in [0.1, 0.15) is 18.4 Å². The summed E-state index contributed by atoms with van der Waals surface area (Å²) in [5.41, 5.74) is 7.37. The number of nitrogens with two attached hydrogens (primary N) is 1. The van der Waals surface area contributed by atoms with Crippen LogP contribution in [-0.2, 0) is 4.79 Å². The van der Waals surface area contributed by atoms with Gasteiger partial charge in [-0.15, -0.1) is 0 Å². The SMILES string of the molecule is NC(=S)c1cc(Br)ccc1NCCNC(=O)C1CC1. The van der Waals surface area contributed by atoms with Crippen molar-refractivity contribution in [2.24, 2.45) is 11.7 Å². The van der Waals surface area contributed by atoms with Gasteiger partial charge in [-0.1, -0.05) is 28.1 Å². The quantitative estimate of drug-likeness (QED) is 0.547. The highest BCUT2D eigenvalue weighted by molar-refractivity contribution is 9.10. The van der Waals surface area contributed by atoms with Crippen molar-refractivity contribution in [3.63, 3.8) is 0 Å². The lowest BCUT2D eigenvalue weighted by molar-refractivity contribution is -0.122. The van der Waals surface area contributed by atoms with E-state index in [-0.39, 0.29) is 11.8 Å². The van der Waals surface area contributed by atoms with Gasteiger partial charge in [0.15, 0.2) is 0 Å². The lowest BCUT2D eigenvalue weighted by Gasteiger charge is -2.12. The maximum Gasteiger partial charge on any atom is 0.223 e. The van der Waals surface area contributed by atoms with Gasteiger partial charge in [-0.05, 0) is 31.0 Å². The number of nitrogens with one attached hydrogen (secondary N) is 2. The first-order chi connectivity index (χ1) is 9.08. The standard InChI is InChI=1S/C13H16BrN3OS/c14-9-3-4-11(10(7-9)12(15)19)16-5-6-17-13(18)8-1-2-8/h3-4,7-8,16H,1-2,5-6H2,(H2,15,19)(H,17,18). The van der Waals surface area contributed by atoms with Crippen molar-refractivity contribution < 1.29 is 4.79 Å². The summed E-state index contributed by atoms with van der Waals surface area (Å²) in [4.78, 5) is 11.8. The Labute approximate surface area is 126 Å². The van der Waals surface area contributed by atoms with E-state index in [1.807, 2.05) is 18.2 Å². The molecule has 0 spiro atoms. The highest BCUT2D eigenvalue weighted by Gasteiger charge is 2.28. The van der Waals surface area contributed by atoms with E-state index in [1.54, 1.807) is 0 Å². The molecule has 4 N–H and O–H groups in total. The second-order valence-corrected chi connectivity index (χ2v) is 5.90. The van der Waals surface area contributed by atoms with Crippen LogP contribution >= 0.6 is 28.1 Å². The van der Waals surface area contributed by atoms with Crippen LogP contribution in [0.15, 0.2) is 22.7 Å². The molecule has 1 aliphatic carbocycles. The van der Waals surface area contributed by atoms with Crippen molar-refractivity contribution in [2.75, 3.05) is 18.4 Å². The lowest BCUT2D eigenvalue weighted by Crippen LogP contribution is -2.30. The molecule has 0 unspecified atom stereocenters. The smallest absolute Gasteiger partial charge is 0.223 e. The van der Waals surface area contributed by atoms with Gasteiger partial charge in [0.2, 0.25) is 5.91 Å². The van der Waals surface area contributed by atoms with Crippen molar-refractivity contribution >= 4 is 44.7 Å². The third-order valence-corrected chi connectivity index (χ3v) is 3.65. The van der Waals surface area contributed by atoms with Crippen LogP contribution < -0.4 is 16.4 Å². The number of anilines is 1. The van der Waals surface area contributed by atoms with Gasteiger partial charge in [0, 0.05) is 34.7 Å². The van der Waals surface area contributed by atoms with Crippen molar-refractivity contribution in [1.29, 1.82) is 0 Å². The number of hydrogen-bond acceptors (Lipinski definition) is 3. The van der Waals surface area contributed by atoms with E-state index in [2.05, 4.69) is 26.6 Å². The Hall–Kier alpha value is -1.14. The largest absolute Gasteiger partial charge is 0.389 e. The minimum atomic E-state index is 0.159. The molecule has 19 heavy (non-hydrogen) atoms. The van der Waals surface area contributed by atoms with Crippen molar-refractivity contribution in [3.05, 3.63) is 28.2 Å². The summed E-state index contributed by atoms with van der Waals surface area (Å²) in [5.74, 6) is 0.409. The minimum absolute atomic E-state index is 0.159. The molecule has 4 nitrogen and oxygen atoms in total. The van der Waals surface area contributed by atoms with Gasteiger partial charge in [0.1, 0.15) is 4.99 Å². The van der Waals surface area contributed by atoms with Gasteiger partial charge < -0.3 is 16.4 Å². The summed E-state index contributed by atoms with van der Waals surface area (Å²) in [6.07, 6.45) is 2.05. The van der Waals surface area contributed by atoms with E-state index in [0.29, 0.717) is 18.1 Å². The molecular weight excluding hydrogens is 326 g/mol. The third kappa shape index (κ3) is 4.18. The zero-order chi connectivity index (χ0) is 13.8. The number of benzene rings is 1. The number of carbonyl (C=O) groups is 1. The van der Waals surface area contributed by atoms with Crippen LogP contribution in [0.3, 0.4) is 0 Å². The van der Waals surface area contributed by atoms with Crippen LogP contribution in [0.2, 0.25) is 0 Å². The topological polar surface area (TPSA) is 67.2 Å². The Morgan fingerprint density at radius 3 is 2.79 bits per heavy atom. The molecule has 1 aromatic rings. The van der Waals surface area contributed by atoms with E-state index in [1.165, 1.54) is 0 Å². The second-order valence-electron chi connectivity index (χ2n) is 4.55. The zero-order valence-electron chi connectivity index (χ0n) is 10.4. The average Bonchev–Trinajstić information content (AvgIpc) is 3.19. The molecule has 6 heteroatoms. The fourth-order valence-corrected chi connectivity index (χ4v) is 2.28. The average molecular weight is 342 g/mol. The summed E-state index contributed by atoms with van der Waals surface area (Å²) in [7, 11) is 0. The molecule has 1 amide bonds. The van der Waals surface area contributed by atoms with Crippen LogP contribution in [0.25, 0.3) is 0 Å². The fourth-order valence-electron chi connectivity index (χ4n) is 1.75. The minimum Gasteiger partial charge on any atom is -0.389 e. The Kier molecular flexibility index (Phi) is 4.76. The number of thiocarbonyl (C=S) groups is 1. The summed E-state index contributed by atoms with van der Waals surface area (Å²) in [5, 5.41) is 6.13. The van der Waals surface area contributed by atoms with Crippen molar-refractivity contribution in [3.8, 4) is 0 Å². The molecule has 1 aromatic carbocycles. The van der Waals surface area contributed by atoms with Gasteiger partial charge in [0.05, 0.1) is 0 Å². The molecule has 0 aliphatic heterocycles. The molecule has 1 saturated carbocycles. The summed E-state index contributed by atoms with van der Waals surface area (Å²) in [6, 6.07) is 5.72. The highest BCUT2D eigenvalue weighted by atomic mass is 79.9. The van der Waals surface area contributed by atoms with E-state index in [9.17, 15) is 4.79 Å². The molecule has 2 rings (SSSR count). The first-order valence-corrected chi connectivity index (χ1v) is 7.39. The fraction of sp³-hybridized carbons (Fsp3) is 0.385. The molecule has 1 fully saturated rings. The number of carbonyl (C=O) groups excluding carboxylic acids is 1. The molecule has 1 aliphatic rings. The van der Waals surface area contributed by atoms with E-state index in [0.717, 1.165) is 28.6 Å².